The summed E-state index contributed by atoms with van der Waals surface area (Å²) in [5.74, 6) is 0.696. The van der Waals surface area contributed by atoms with Crippen LogP contribution in [0, 0.1) is 11.8 Å². The van der Waals surface area contributed by atoms with Gasteiger partial charge in [-0.1, -0.05) is 39.8 Å². The van der Waals surface area contributed by atoms with Crippen LogP contribution < -0.4 is 10.6 Å². The zero-order valence-corrected chi connectivity index (χ0v) is 20.4. The second kappa shape index (κ2) is 12.5. The molecule has 4 N–H and O–H groups in total. The zero-order valence-electron chi connectivity index (χ0n) is 18.8. The van der Waals surface area contributed by atoms with Gasteiger partial charge >= 0.3 is 29.6 Å². The number of nitrogens with one attached hydrogen (secondary N) is 2. The minimum absolute atomic E-state index is 0. The van der Waals surface area contributed by atoms with E-state index in [4.69, 9.17) is 0 Å². The van der Waals surface area contributed by atoms with Gasteiger partial charge in [0.1, 0.15) is 0 Å². The molecule has 0 spiro atoms. The van der Waals surface area contributed by atoms with Crippen molar-refractivity contribution in [1.29, 1.82) is 0 Å². The van der Waals surface area contributed by atoms with Gasteiger partial charge < -0.3 is 10.6 Å². The Hall–Kier alpha value is -1.14. The van der Waals surface area contributed by atoms with Crippen LogP contribution in [0.1, 0.15) is 38.8 Å². The monoisotopic (exact) mass is 508 g/mol. The van der Waals surface area contributed by atoms with Crippen molar-refractivity contribution >= 4 is 61.2 Å². The summed E-state index contributed by atoms with van der Waals surface area (Å²) in [6.45, 7) is 9.34. The molecule has 0 amide bonds. The first-order chi connectivity index (χ1) is 14.8. The van der Waals surface area contributed by atoms with Crippen LogP contribution in [0.3, 0.4) is 0 Å². The average Bonchev–Trinajstić information content (AvgIpc) is 2.68. The SMILES string of the molecule is CC(C)CNc1ccc(CCc2ccc(NCC(C)C)cc2S(=O)(=O)O)c(S(=O)(=O)O)c1.[NaH]. The van der Waals surface area contributed by atoms with Crippen LogP contribution in [0.25, 0.3) is 0 Å². The van der Waals surface area contributed by atoms with Gasteiger partial charge in [0.15, 0.2) is 0 Å². The summed E-state index contributed by atoms with van der Waals surface area (Å²) in [6, 6.07) is 9.37. The van der Waals surface area contributed by atoms with E-state index < -0.39 is 20.2 Å². The van der Waals surface area contributed by atoms with Crippen LogP contribution in [0.5, 0.6) is 0 Å². The minimum atomic E-state index is -4.48. The summed E-state index contributed by atoms with van der Waals surface area (Å²) < 4.78 is 67.1. The quantitative estimate of drug-likeness (QED) is 0.268. The second-order valence-electron chi connectivity index (χ2n) is 8.64. The number of benzene rings is 2. The molecule has 0 saturated carbocycles. The van der Waals surface area contributed by atoms with Gasteiger partial charge in [0.25, 0.3) is 20.2 Å². The predicted molar refractivity (Wildman–Crippen MR) is 134 cm³/mol. The van der Waals surface area contributed by atoms with Crippen molar-refractivity contribution in [2.75, 3.05) is 23.7 Å². The van der Waals surface area contributed by atoms with Crippen LogP contribution in [-0.4, -0.2) is 68.6 Å². The standard InChI is InChI=1S/C22H32N2O6S2.Na.H/c1-15(2)13-23-19-9-7-17(21(11-19)31(25,26)27)5-6-18-8-10-20(24-14-16(3)4)12-22(18)32(28,29)30;;/h7-12,15-16,23-24H,5-6,13-14H2,1-4H3,(H,25,26,27)(H,28,29,30);;. The van der Waals surface area contributed by atoms with Gasteiger partial charge in [0.05, 0.1) is 9.79 Å². The third-order valence-electron chi connectivity index (χ3n) is 4.78. The van der Waals surface area contributed by atoms with E-state index in [1.54, 1.807) is 24.3 Å². The predicted octanol–water partition coefficient (Wildman–Crippen LogP) is 3.45. The van der Waals surface area contributed by atoms with Crippen molar-refractivity contribution < 1.29 is 25.9 Å². The van der Waals surface area contributed by atoms with E-state index in [0.717, 1.165) is 0 Å². The number of hydrogen-bond acceptors (Lipinski definition) is 6. The third kappa shape index (κ3) is 9.56. The van der Waals surface area contributed by atoms with E-state index in [-0.39, 0.29) is 52.2 Å². The fraction of sp³-hybridized carbons (Fsp3) is 0.455. The van der Waals surface area contributed by atoms with Crippen molar-refractivity contribution in [3.05, 3.63) is 47.5 Å². The summed E-state index contributed by atoms with van der Waals surface area (Å²) in [5, 5.41) is 6.24. The van der Waals surface area contributed by atoms with Gasteiger partial charge in [-0.25, -0.2) is 0 Å². The van der Waals surface area contributed by atoms with Gasteiger partial charge in [-0.15, -0.1) is 0 Å². The van der Waals surface area contributed by atoms with Gasteiger partial charge in [-0.05, 0) is 60.1 Å². The fourth-order valence-electron chi connectivity index (χ4n) is 3.14. The zero-order chi connectivity index (χ0) is 24.1. The molecule has 0 aliphatic carbocycles. The Labute approximate surface area is 219 Å². The van der Waals surface area contributed by atoms with E-state index in [9.17, 15) is 25.9 Å². The molecule has 0 bridgehead atoms. The third-order valence-corrected chi connectivity index (χ3v) is 6.65. The topological polar surface area (TPSA) is 133 Å². The molecule has 180 valence electrons. The first kappa shape index (κ1) is 29.9. The number of aryl methyl sites for hydroxylation is 2. The van der Waals surface area contributed by atoms with E-state index in [0.29, 0.717) is 47.4 Å². The Morgan fingerprint density at radius 1 is 0.697 bits per heavy atom. The van der Waals surface area contributed by atoms with Gasteiger partial charge in [-0.3, -0.25) is 9.11 Å². The Bertz CT molecular complexity index is 1060. The van der Waals surface area contributed by atoms with Crippen LogP contribution in [0.2, 0.25) is 0 Å². The van der Waals surface area contributed by atoms with Crippen LogP contribution in [0.4, 0.5) is 11.4 Å². The molecule has 2 aromatic carbocycles. The van der Waals surface area contributed by atoms with Gasteiger partial charge in [-0.2, -0.15) is 16.8 Å². The van der Waals surface area contributed by atoms with Crippen LogP contribution >= 0.6 is 0 Å². The molecular formula is C22H33N2NaO6S2. The first-order valence-corrected chi connectivity index (χ1v) is 13.3. The van der Waals surface area contributed by atoms with Gasteiger partial charge in [0.2, 0.25) is 0 Å². The van der Waals surface area contributed by atoms with Crippen molar-refractivity contribution in [1.82, 2.24) is 0 Å². The maximum atomic E-state index is 11.9. The number of rotatable bonds is 11. The molecule has 0 aliphatic heterocycles. The molecule has 0 unspecified atom stereocenters. The molecule has 0 saturated heterocycles. The summed E-state index contributed by atoms with van der Waals surface area (Å²) in [4.78, 5) is -0.454. The second-order valence-corrected chi connectivity index (χ2v) is 11.4. The molecule has 2 aromatic rings. The molecule has 0 aliphatic rings. The molecule has 0 aromatic heterocycles. The number of hydrogen-bond donors (Lipinski definition) is 4. The molecule has 2 rings (SSSR count). The van der Waals surface area contributed by atoms with E-state index in [1.807, 2.05) is 27.7 Å². The van der Waals surface area contributed by atoms with Crippen LogP contribution in [0.15, 0.2) is 46.2 Å². The van der Waals surface area contributed by atoms with Crippen molar-refractivity contribution in [3.63, 3.8) is 0 Å². The summed E-state index contributed by atoms with van der Waals surface area (Å²) in [5.41, 5.74) is 1.83. The average molecular weight is 509 g/mol. The van der Waals surface area contributed by atoms with Crippen molar-refractivity contribution in [2.24, 2.45) is 11.8 Å². The first-order valence-electron chi connectivity index (χ1n) is 10.5. The Morgan fingerprint density at radius 3 is 1.30 bits per heavy atom. The summed E-state index contributed by atoms with van der Waals surface area (Å²) in [7, 11) is -8.95. The summed E-state index contributed by atoms with van der Waals surface area (Å²) in [6.07, 6.45) is 0.307. The Morgan fingerprint density at radius 2 is 1.03 bits per heavy atom. The van der Waals surface area contributed by atoms with Crippen molar-refractivity contribution in [2.45, 2.75) is 50.3 Å². The van der Waals surface area contributed by atoms with Crippen molar-refractivity contribution in [3.8, 4) is 0 Å². The normalized spacial score (nSPS) is 12.0. The van der Waals surface area contributed by atoms with Gasteiger partial charge in [0, 0.05) is 24.5 Å². The molecule has 0 atom stereocenters. The van der Waals surface area contributed by atoms with E-state index in [1.165, 1.54) is 12.1 Å². The molecule has 8 nitrogen and oxygen atoms in total. The Kier molecular flexibility index (Phi) is 11.4. The number of anilines is 2. The molecule has 0 heterocycles. The molecule has 0 fully saturated rings. The van der Waals surface area contributed by atoms with Crippen LogP contribution in [-0.2, 0) is 33.1 Å². The summed E-state index contributed by atoms with van der Waals surface area (Å²) >= 11 is 0. The molecular weight excluding hydrogens is 475 g/mol. The molecule has 11 heteroatoms. The maximum absolute atomic E-state index is 11.9. The van der Waals surface area contributed by atoms with E-state index >= 15 is 0 Å². The molecule has 33 heavy (non-hydrogen) atoms. The molecule has 0 radical (unpaired) electrons. The Balaban J connectivity index is 0.00000544. The fourth-order valence-corrected chi connectivity index (χ4v) is 4.69. The van der Waals surface area contributed by atoms with E-state index in [2.05, 4.69) is 10.6 Å².